The molecular formula is C13H21N4PS3. The van der Waals surface area contributed by atoms with E-state index in [1.165, 1.54) is 17.9 Å². The van der Waals surface area contributed by atoms with Crippen LogP contribution in [-0.4, -0.2) is 32.6 Å². The molecule has 2 aliphatic heterocycles. The highest BCUT2D eigenvalue weighted by molar-refractivity contribution is 8.71. The number of nitrogens with zero attached hydrogens (tertiary/aromatic N) is 4. The second-order valence-corrected chi connectivity index (χ2v) is 13.2. The predicted octanol–water partition coefficient (Wildman–Crippen LogP) is 4.15. The number of hydrogen-bond acceptors (Lipinski definition) is 4. The minimum Gasteiger partial charge on any atom is -0.324 e. The van der Waals surface area contributed by atoms with E-state index < -0.39 is 5.54 Å². The summed E-state index contributed by atoms with van der Waals surface area (Å²) in [6.45, 7) is 8.47. The van der Waals surface area contributed by atoms with Gasteiger partial charge >= 0.3 is 0 Å². The van der Waals surface area contributed by atoms with E-state index in [0.717, 1.165) is 41.9 Å². The van der Waals surface area contributed by atoms with Crippen molar-refractivity contribution in [3.05, 3.63) is 11.5 Å². The monoisotopic (exact) mass is 360 g/mol. The third-order valence-electron chi connectivity index (χ3n) is 3.66. The number of hydrogen-bond donors (Lipinski definition) is 0. The second-order valence-electron chi connectivity index (χ2n) is 4.92. The van der Waals surface area contributed by atoms with Crippen LogP contribution in [0.15, 0.2) is 4.76 Å². The van der Waals surface area contributed by atoms with Gasteiger partial charge in [-0.1, -0.05) is 25.2 Å². The Balaban J connectivity index is 2.16. The molecule has 0 aromatic carbocycles. The summed E-state index contributed by atoms with van der Waals surface area (Å²) >= 11 is 9.64. The third-order valence-corrected chi connectivity index (χ3v) is 11.2. The van der Waals surface area contributed by atoms with Gasteiger partial charge in [-0.2, -0.15) is 0 Å². The van der Waals surface area contributed by atoms with E-state index in [0.29, 0.717) is 0 Å². The molecule has 0 saturated heterocycles. The fraction of sp³-hybridized carbons (Fsp3) is 0.692. The Bertz CT molecular complexity index is 625. The van der Waals surface area contributed by atoms with Crippen LogP contribution >= 0.6 is 28.7 Å². The van der Waals surface area contributed by atoms with Crippen LogP contribution in [0.3, 0.4) is 0 Å². The summed E-state index contributed by atoms with van der Waals surface area (Å²) in [6.07, 6.45) is 2.28. The smallest absolute Gasteiger partial charge is 0.200 e. The Morgan fingerprint density at radius 1 is 1.29 bits per heavy atom. The molecule has 0 saturated carbocycles. The average molecular weight is 361 g/mol. The Hall–Kier alpha value is 0.0300. The van der Waals surface area contributed by atoms with E-state index in [4.69, 9.17) is 21.6 Å². The number of rotatable bonds is 4. The van der Waals surface area contributed by atoms with Gasteiger partial charge in [-0.25, -0.2) is 9.75 Å². The van der Waals surface area contributed by atoms with Gasteiger partial charge in [-0.05, 0) is 36.7 Å². The lowest BCUT2D eigenvalue weighted by Crippen LogP contribution is -2.25. The zero-order chi connectivity index (χ0) is 15.0. The third kappa shape index (κ3) is 2.60. The van der Waals surface area contributed by atoms with E-state index in [1.807, 2.05) is 23.1 Å². The molecule has 0 fully saturated rings. The van der Waals surface area contributed by atoms with Crippen LogP contribution in [0.1, 0.15) is 38.7 Å². The molecule has 0 spiro atoms. The summed E-state index contributed by atoms with van der Waals surface area (Å²) in [4.78, 5) is 4.94. The molecule has 3 heterocycles. The van der Waals surface area contributed by atoms with Gasteiger partial charge in [0.05, 0.1) is 0 Å². The quantitative estimate of drug-likeness (QED) is 0.754. The van der Waals surface area contributed by atoms with Crippen LogP contribution in [0.25, 0.3) is 0 Å². The van der Waals surface area contributed by atoms with E-state index in [-0.39, 0.29) is 0 Å². The fourth-order valence-electron chi connectivity index (χ4n) is 2.87. The molecule has 0 radical (unpaired) electrons. The van der Waals surface area contributed by atoms with Crippen LogP contribution in [0.4, 0.5) is 5.82 Å². The van der Waals surface area contributed by atoms with E-state index in [1.54, 1.807) is 0 Å². The fourth-order valence-corrected chi connectivity index (χ4v) is 10.3. The normalized spacial score (nSPS) is 24.0. The lowest BCUT2D eigenvalue weighted by molar-refractivity contribution is 0.744. The van der Waals surface area contributed by atoms with Crippen molar-refractivity contribution in [2.45, 2.75) is 40.2 Å². The van der Waals surface area contributed by atoms with E-state index >= 15 is 0 Å². The molecule has 1 unspecified atom stereocenters. The molecule has 116 valence electrons. The van der Waals surface area contributed by atoms with Crippen LogP contribution < -0.4 is 4.67 Å². The molecule has 0 amide bonds. The summed E-state index contributed by atoms with van der Waals surface area (Å²) in [6, 6.07) is 0. The van der Waals surface area contributed by atoms with E-state index in [9.17, 15) is 0 Å². The number of fused-ring (bicyclic) bond motifs is 3. The number of thioether (sulfide) groups is 1. The minimum absolute atomic E-state index is 0.890. The Labute approximate surface area is 140 Å². The van der Waals surface area contributed by atoms with Crippen molar-refractivity contribution < 1.29 is 0 Å². The van der Waals surface area contributed by atoms with Crippen molar-refractivity contribution in [1.82, 2.24) is 9.55 Å². The number of anilines is 1. The maximum Gasteiger partial charge on any atom is 0.200 e. The van der Waals surface area contributed by atoms with Crippen molar-refractivity contribution in [3.63, 3.8) is 0 Å². The average Bonchev–Trinajstić information content (AvgIpc) is 2.99. The Morgan fingerprint density at radius 2 is 2.10 bits per heavy atom. The van der Waals surface area contributed by atoms with Crippen molar-refractivity contribution in [1.29, 1.82) is 0 Å². The number of aryl methyl sites for hydroxylation is 1. The predicted molar refractivity (Wildman–Crippen MR) is 101 cm³/mol. The van der Waals surface area contributed by atoms with Crippen LogP contribution in [-0.2, 0) is 24.8 Å². The molecule has 2 aliphatic rings. The highest BCUT2D eigenvalue weighted by Crippen LogP contribution is 2.67. The largest absolute Gasteiger partial charge is 0.324 e. The summed E-state index contributed by atoms with van der Waals surface area (Å²) in [7, 11) is 0. The first kappa shape index (κ1) is 15.9. The summed E-state index contributed by atoms with van der Waals surface area (Å²) in [5, 5.41) is 1.13. The van der Waals surface area contributed by atoms with Crippen molar-refractivity contribution in [2.24, 2.45) is 4.76 Å². The second kappa shape index (κ2) is 6.26. The zero-order valence-electron chi connectivity index (χ0n) is 12.7. The van der Waals surface area contributed by atoms with Gasteiger partial charge in [0.1, 0.15) is 16.6 Å². The van der Waals surface area contributed by atoms with Crippen molar-refractivity contribution >= 4 is 51.4 Å². The number of aromatic nitrogens is 2. The molecule has 1 atom stereocenters. The van der Waals surface area contributed by atoms with Crippen LogP contribution in [0.2, 0.25) is 0 Å². The van der Waals surface area contributed by atoms with E-state index in [2.05, 4.69) is 30.0 Å². The Morgan fingerprint density at radius 3 is 2.76 bits per heavy atom. The minimum atomic E-state index is -1.96. The molecule has 3 rings (SSSR count). The van der Waals surface area contributed by atoms with Crippen LogP contribution in [0.5, 0.6) is 0 Å². The van der Waals surface area contributed by atoms with Gasteiger partial charge in [0.2, 0.25) is 5.54 Å². The summed E-state index contributed by atoms with van der Waals surface area (Å²) in [5.41, 5.74) is -0.730. The molecule has 0 N–H and O–H groups in total. The molecule has 8 heteroatoms. The van der Waals surface area contributed by atoms with Gasteiger partial charge in [-0.3, -0.25) is 0 Å². The first-order valence-electron chi connectivity index (χ1n) is 7.50. The molecule has 1 aromatic heterocycles. The lowest BCUT2D eigenvalue weighted by atomic mass is 10.3. The maximum atomic E-state index is 6.00. The molecule has 21 heavy (non-hydrogen) atoms. The van der Waals surface area contributed by atoms with Crippen molar-refractivity contribution in [3.8, 4) is 0 Å². The summed E-state index contributed by atoms with van der Waals surface area (Å²) in [5.74, 6) is 4.34. The standard InChI is InChI=1S/C13H21N4PS3/c1-4-17-12-11(16-9-7-8-10(16)14-12)13(20-5-2)15-18(17,19)21-6-3/h4-9H2,1-3H3. The first-order valence-corrected chi connectivity index (χ1v) is 12.8. The van der Waals surface area contributed by atoms with Crippen LogP contribution in [0, 0.1) is 0 Å². The highest BCUT2D eigenvalue weighted by Gasteiger charge is 2.38. The molecular weight excluding hydrogens is 339 g/mol. The summed E-state index contributed by atoms with van der Waals surface area (Å²) < 4.78 is 9.74. The molecule has 0 bridgehead atoms. The van der Waals surface area contributed by atoms with Gasteiger partial charge in [0, 0.05) is 19.5 Å². The molecule has 1 aromatic rings. The number of imidazole rings is 1. The lowest BCUT2D eigenvalue weighted by Gasteiger charge is -2.35. The van der Waals surface area contributed by atoms with Gasteiger partial charge in [0.15, 0.2) is 5.82 Å². The highest BCUT2D eigenvalue weighted by atomic mass is 32.9. The SMILES string of the molecule is CCSC1=NP(=S)(SCC)N(CC)c2nc3n(c21)CCC3. The maximum absolute atomic E-state index is 6.00. The van der Waals surface area contributed by atoms with Gasteiger partial charge in [0.25, 0.3) is 0 Å². The zero-order valence-corrected chi connectivity index (χ0v) is 16.0. The molecule has 4 nitrogen and oxygen atoms in total. The first-order chi connectivity index (χ1) is 10.1. The van der Waals surface area contributed by atoms with Gasteiger partial charge < -0.3 is 9.24 Å². The Kier molecular flexibility index (Phi) is 4.74. The van der Waals surface area contributed by atoms with Gasteiger partial charge in [-0.15, -0.1) is 11.8 Å². The molecule has 0 aliphatic carbocycles. The topological polar surface area (TPSA) is 33.4 Å². The van der Waals surface area contributed by atoms with Crippen molar-refractivity contribution in [2.75, 3.05) is 22.7 Å².